The minimum absolute atomic E-state index is 0.00130. The lowest BCUT2D eigenvalue weighted by molar-refractivity contribution is -0.121. The van der Waals surface area contributed by atoms with Crippen molar-refractivity contribution in [1.82, 2.24) is 5.43 Å². The van der Waals surface area contributed by atoms with Crippen LogP contribution in [-0.2, 0) is 4.79 Å². The number of carbonyl (C=O) groups is 1. The summed E-state index contributed by atoms with van der Waals surface area (Å²) < 4.78 is 0. The Labute approximate surface area is 82.8 Å². The van der Waals surface area contributed by atoms with Gasteiger partial charge in [0.15, 0.2) is 0 Å². The molecule has 0 unspecified atom stereocenters. The molecule has 72 valence electrons. The average Bonchev–Trinajstić information content (AvgIpc) is 2.19. The molecular weight excluding hydrogens is 176 g/mol. The van der Waals surface area contributed by atoms with E-state index in [-0.39, 0.29) is 5.91 Å². The quantitative estimate of drug-likeness (QED) is 0.714. The van der Waals surface area contributed by atoms with Crippen LogP contribution in [0.1, 0.15) is 24.0 Å². The van der Waals surface area contributed by atoms with E-state index in [4.69, 9.17) is 0 Å². The van der Waals surface area contributed by atoms with Gasteiger partial charge in [0.05, 0.1) is 5.71 Å². The van der Waals surface area contributed by atoms with Crippen LogP contribution in [0.4, 0.5) is 0 Å². The van der Waals surface area contributed by atoms with Gasteiger partial charge in [-0.2, -0.15) is 5.10 Å². The molecule has 1 heterocycles. The van der Waals surface area contributed by atoms with Gasteiger partial charge in [0.1, 0.15) is 0 Å². The van der Waals surface area contributed by atoms with Crippen molar-refractivity contribution in [1.29, 1.82) is 0 Å². The van der Waals surface area contributed by atoms with E-state index in [0.29, 0.717) is 6.42 Å². The predicted molar refractivity (Wildman–Crippen MR) is 55.1 cm³/mol. The molecule has 1 amide bonds. The van der Waals surface area contributed by atoms with Gasteiger partial charge in [-0.15, -0.1) is 0 Å². The number of hydrogen-bond acceptors (Lipinski definition) is 2. The molecule has 2 rings (SSSR count). The zero-order valence-corrected chi connectivity index (χ0v) is 8.08. The number of aryl methyl sites for hydroxylation is 1. The Morgan fingerprint density at radius 1 is 1.36 bits per heavy atom. The fraction of sp³-hybridized carbons (Fsp3) is 0.273. The molecule has 3 nitrogen and oxygen atoms in total. The maximum Gasteiger partial charge on any atom is 0.240 e. The number of nitrogens with one attached hydrogen (secondary N) is 1. The normalized spacial score (nSPS) is 16.1. The molecule has 0 saturated heterocycles. The summed E-state index contributed by atoms with van der Waals surface area (Å²) in [4.78, 5) is 10.9. The number of rotatable bonds is 1. The summed E-state index contributed by atoms with van der Waals surface area (Å²) >= 11 is 0. The van der Waals surface area contributed by atoms with Crippen LogP contribution in [0.2, 0.25) is 0 Å². The Morgan fingerprint density at radius 2 is 2.21 bits per heavy atom. The molecule has 0 saturated carbocycles. The van der Waals surface area contributed by atoms with Crippen LogP contribution in [0, 0.1) is 6.92 Å². The lowest BCUT2D eigenvalue weighted by Gasteiger charge is -2.12. The molecule has 1 aliphatic rings. The number of carbonyl (C=O) groups excluding carboxylic acids is 1. The van der Waals surface area contributed by atoms with Gasteiger partial charge in [-0.1, -0.05) is 29.8 Å². The van der Waals surface area contributed by atoms with Crippen LogP contribution in [0.5, 0.6) is 0 Å². The Balaban J connectivity index is 2.27. The van der Waals surface area contributed by atoms with Crippen molar-refractivity contribution in [3.63, 3.8) is 0 Å². The van der Waals surface area contributed by atoms with Gasteiger partial charge in [0.25, 0.3) is 0 Å². The first-order chi connectivity index (χ1) is 6.75. The highest BCUT2D eigenvalue weighted by Gasteiger charge is 2.12. The van der Waals surface area contributed by atoms with Gasteiger partial charge in [-0.25, -0.2) is 5.43 Å². The van der Waals surface area contributed by atoms with E-state index in [0.717, 1.165) is 17.7 Å². The van der Waals surface area contributed by atoms with Crippen LogP contribution >= 0.6 is 0 Å². The minimum atomic E-state index is 0.00130. The first-order valence-electron chi connectivity index (χ1n) is 4.68. The molecule has 14 heavy (non-hydrogen) atoms. The maximum atomic E-state index is 10.9. The summed E-state index contributed by atoms with van der Waals surface area (Å²) in [6.07, 6.45) is 1.27. The van der Waals surface area contributed by atoms with Crippen LogP contribution in [0.15, 0.2) is 29.4 Å². The Kier molecular flexibility index (Phi) is 2.31. The predicted octanol–water partition coefficient (Wildman–Crippen LogP) is 1.61. The third kappa shape index (κ3) is 1.82. The lowest BCUT2D eigenvalue weighted by Crippen LogP contribution is -2.25. The Bertz CT molecular complexity index is 396. The van der Waals surface area contributed by atoms with Crippen molar-refractivity contribution < 1.29 is 4.79 Å². The van der Waals surface area contributed by atoms with Crippen molar-refractivity contribution in [2.24, 2.45) is 5.10 Å². The summed E-state index contributed by atoms with van der Waals surface area (Å²) in [7, 11) is 0. The van der Waals surface area contributed by atoms with Crippen molar-refractivity contribution in [3.8, 4) is 0 Å². The molecule has 1 aliphatic heterocycles. The van der Waals surface area contributed by atoms with Gasteiger partial charge < -0.3 is 0 Å². The SMILES string of the molecule is Cc1cccc(C2=NNC(=O)CC2)c1. The minimum Gasteiger partial charge on any atom is -0.273 e. The molecule has 0 aromatic heterocycles. The zero-order chi connectivity index (χ0) is 9.97. The molecule has 0 fully saturated rings. The van der Waals surface area contributed by atoms with E-state index in [9.17, 15) is 4.79 Å². The highest BCUT2D eigenvalue weighted by atomic mass is 16.2. The largest absolute Gasteiger partial charge is 0.273 e. The van der Waals surface area contributed by atoms with E-state index in [2.05, 4.69) is 16.6 Å². The van der Waals surface area contributed by atoms with Crippen LogP contribution in [0.25, 0.3) is 0 Å². The van der Waals surface area contributed by atoms with Gasteiger partial charge in [0, 0.05) is 12.8 Å². The number of amides is 1. The molecule has 0 spiro atoms. The van der Waals surface area contributed by atoms with E-state index < -0.39 is 0 Å². The summed E-state index contributed by atoms with van der Waals surface area (Å²) in [6.45, 7) is 2.05. The summed E-state index contributed by atoms with van der Waals surface area (Å²) in [5.74, 6) is 0.00130. The van der Waals surface area contributed by atoms with Crippen LogP contribution < -0.4 is 5.43 Å². The second-order valence-electron chi connectivity index (χ2n) is 3.46. The molecule has 1 aromatic rings. The molecular formula is C11H12N2O. The Morgan fingerprint density at radius 3 is 2.86 bits per heavy atom. The fourth-order valence-electron chi connectivity index (χ4n) is 1.51. The average molecular weight is 188 g/mol. The fourth-order valence-corrected chi connectivity index (χ4v) is 1.51. The summed E-state index contributed by atoms with van der Waals surface area (Å²) in [5, 5.41) is 4.04. The van der Waals surface area contributed by atoms with E-state index >= 15 is 0 Å². The number of hydrazone groups is 1. The first kappa shape index (κ1) is 8.94. The maximum absolute atomic E-state index is 10.9. The lowest BCUT2D eigenvalue weighted by atomic mass is 10.0. The van der Waals surface area contributed by atoms with Crippen molar-refractivity contribution in [2.45, 2.75) is 19.8 Å². The second kappa shape index (κ2) is 3.62. The van der Waals surface area contributed by atoms with Crippen LogP contribution in [-0.4, -0.2) is 11.6 Å². The third-order valence-electron chi connectivity index (χ3n) is 2.26. The number of benzene rings is 1. The standard InChI is InChI=1S/C11H12N2O/c1-8-3-2-4-9(7-8)10-5-6-11(14)13-12-10/h2-4,7H,5-6H2,1H3,(H,13,14). The zero-order valence-electron chi connectivity index (χ0n) is 8.08. The molecule has 0 bridgehead atoms. The smallest absolute Gasteiger partial charge is 0.240 e. The molecule has 0 atom stereocenters. The number of hydrogen-bond donors (Lipinski definition) is 1. The molecule has 0 radical (unpaired) electrons. The molecule has 0 aliphatic carbocycles. The topological polar surface area (TPSA) is 41.5 Å². The second-order valence-corrected chi connectivity index (χ2v) is 3.46. The van der Waals surface area contributed by atoms with Gasteiger partial charge in [-0.05, 0) is 12.5 Å². The van der Waals surface area contributed by atoms with Crippen molar-refractivity contribution in [3.05, 3.63) is 35.4 Å². The van der Waals surface area contributed by atoms with E-state index in [1.54, 1.807) is 0 Å². The molecule has 1 aromatic carbocycles. The van der Waals surface area contributed by atoms with Gasteiger partial charge >= 0.3 is 0 Å². The summed E-state index contributed by atoms with van der Waals surface area (Å²) in [5.41, 5.74) is 5.78. The monoisotopic (exact) mass is 188 g/mol. The highest BCUT2D eigenvalue weighted by molar-refractivity contribution is 6.04. The van der Waals surface area contributed by atoms with Crippen LogP contribution in [0.3, 0.4) is 0 Å². The Hall–Kier alpha value is -1.64. The molecule has 1 N–H and O–H groups in total. The highest BCUT2D eigenvalue weighted by Crippen LogP contribution is 2.11. The molecule has 3 heteroatoms. The van der Waals surface area contributed by atoms with Gasteiger partial charge in [-0.3, -0.25) is 4.79 Å². The van der Waals surface area contributed by atoms with E-state index in [1.807, 2.05) is 25.1 Å². The van der Waals surface area contributed by atoms with E-state index in [1.165, 1.54) is 5.56 Å². The van der Waals surface area contributed by atoms with Crippen molar-refractivity contribution >= 4 is 11.6 Å². The number of nitrogens with zero attached hydrogens (tertiary/aromatic N) is 1. The third-order valence-corrected chi connectivity index (χ3v) is 2.26. The first-order valence-corrected chi connectivity index (χ1v) is 4.68. The van der Waals surface area contributed by atoms with Crippen molar-refractivity contribution in [2.75, 3.05) is 0 Å². The van der Waals surface area contributed by atoms with Gasteiger partial charge in [0.2, 0.25) is 5.91 Å². The summed E-state index contributed by atoms with van der Waals surface area (Å²) in [6, 6.07) is 8.15.